The van der Waals surface area contributed by atoms with Crippen LogP contribution >= 0.6 is 0 Å². The van der Waals surface area contributed by atoms with E-state index >= 15 is 0 Å². The Morgan fingerprint density at radius 1 is 1.11 bits per heavy atom. The monoisotopic (exact) mass is 277 g/mol. The second-order valence-corrected chi connectivity index (χ2v) is 6.85. The Morgan fingerprint density at radius 3 is 2.22 bits per heavy atom. The van der Waals surface area contributed by atoms with Crippen LogP contribution in [0.1, 0.15) is 12.8 Å². The first kappa shape index (κ1) is 14.2. The number of morpholine rings is 1. The predicted octanol–water partition coefficient (Wildman–Crippen LogP) is -0.505. The molecule has 2 fully saturated rings. The fraction of sp³-hybridized carbons (Fsp3) is 1.00. The summed E-state index contributed by atoms with van der Waals surface area (Å²) in [5.74, 6) is 0.603. The van der Waals surface area contributed by atoms with Gasteiger partial charge in [0, 0.05) is 26.2 Å². The van der Waals surface area contributed by atoms with E-state index in [9.17, 15) is 8.42 Å². The molecule has 0 aromatic rings. The first-order chi connectivity index (χ1) is 8.64. The van der Waals surface area contributed by atoms with Crippen LogP contribution in [0.4, 0.5) is 0 Å². The van der Waals surface area contributed by atoms with Crippen LogP contribution in [0.25, 0.3) is 0 Å². The number of ether oxygens (including phenoxy) is 1. The highest BCUT2D eigenvalue weighted by atomic mass is 32.2. The van der Waals surface area contributed by atoms with Gasteiger partial charge in [-0.2, -0.15) is 17.0 Å². The molecule has 0 aromatic carbocycles. The lowest BCUT2D eigenvalue weighted by molar-refractivity contribution is 0.0693. The molecule has 6 nitrogen and oxygen atoms in total. The largest absolute Gasteiger partial charge is 0.379 e. The summed E-state index contributed by atoms with van der Waals surface area (Å²) in [4.78, 5) is 0. The Hall–Kier alpha value is -0.210. The van der Waals surface area contributed by atoms with Crippen molar-refractivity contribution in [2.45, 2.75) is 12.8 Å². The molecule has 0 spiro atoms. The summed E-state index contributed by atoms with van der Waals surface area (Å²) in [7, 11) is -1.32. The Bertz CT molecular complexity index is 347. The van der Waals surface area contributed by atoms with Crippen molar-refractivity contribution in [3.8, 4) is 0 Å². The van der Waals surface area contributed by atoms with Gasteiger partial charge in [-0.05, 0) is 32.4 Å². The number of nitrogens with one attached hydrogen (secondary N) is 1. The maximum atomic E-state index is 12.4. The maximum absolute atomic E-state index is 12.4. The van der Waals surface area contributed by atoms with Crippen LogP contribution in [0.3, 0.4) is 0 Å². The third-order valence-corrected chi connectivity index (χ3v) is 5.72. The van der Waals surface area contributed by atoms with E-state index in [1.54, 1.807) is 8.61 Å². The molecule has 0 radical (unpaired) electrons. The Balaban J connectivity index is 1.91. The molecular formula is C11H23N3O3S. The summed E-state index contributed by atoms with van der Waals surface area (Å²) in [5.41, 5.74) is 0. The molecule has 0 aromatic heterocycles. The van der Waals surface area contributed by atoms with Gasteiger partial charge in [-0.25, -0.2) is 0 Å². The topological polar surface area (TPSA) is 61.9 Å². The highest BCUT2D eigenvalue weighted by Gasteiger charge is 2.33. The van der Waals surface area contributed by atoms with Gasteiger partial charge in [0.05, 0.1) is 13.2 Å². The normalized spacial score (nSPS) is 25.4. The lowest BCUT2D eigenvalue weighted by Gasteiger charge is -2.36. The zero-order chi connectivity index (χ0) is 13.0. The van der Waals surface area contributed by atoms with Crippen molar-refractivity contribution < 1.29 is 13.2 Å². The van der Waals surface area contributed by atoms with Gasteiger partial charge in [-0.3, -0.25) is 0 Å². The highest BCUT2D eigenvalue weighted by molar-refractivity contribution is 7.86. The minimum Gasteiger partial charge on any atom is -0.379 e. The van der Waals surface area contributed by atoms with Crippen molar-refractivity contribution in [1.82, 2.24) is 13.9 Å². The highest BCUT2D eigenvalue weighted by Crippen LogP contribution is 2.21. The van der Waals surface area contributed by atoms with Crippen molar-refractivity contribution >= 4 is 10.2 Å². The van der Waals surface area contributed by atoms with E-state index in [1.807, 2.05) is 7.05 Å². The molecule has 0 aliphatic carbocycles. The molecule has 106 valence electrons. The van der Waals surface area contributed by atoms with Crippen molar-refractivity contribution in [3.63, 3.8) is 0 Å². The summed E-state index contributed by atoms with van der Waals surface area (Å²) in [6.45, 7) is 4.26. The second-order valence-electron chi connectivity index (χ2n) is 4.92. The van der Waals surface area contributed by atoms with E-state index in [0.717, 1.165) is 19.4 Å². The maximum Gasteiger partial charge on any atom is 0.282 e. The van der Waals surface area contributed by atoms with Gasteiger partial charge >= 0.3 is 0 Å². The third-order valence-electron chi connectivity index (χ3n) is 3.69. The molecule has 1 N–H and O–H groups in total. The summed E-state index contributed by atoms with van der Waals surface area (Å²) in [5, 5.41) is 3.16. The van der Waals surface area contributed by atoms with Crippen LogP contribution < -0.4 is 5.32 Å². The van der Waals surface area contributed by atoms with E-state index < -0.39 is 10.2 Å². The van der Waals surface area contributed by atoms with Crippen molar-refractivity contribution in [3.05, 3.63) is 0 Å². The fourth-order valence-electron chi connectivity index (χ4n) is 2.57. The fourth-order valence-corrected chi connectivity index (χ4v) is 4.18. The first-order valence-electron chi connectivity index (χ1n) is 6.62. The molecule has 0 amide bonds. The van der Waals surface area contributed by atoms with Crippen LogP contribution in [0.15, 0.2) is 0 Å². The number of nitrogens with zero attached hydrogens (tertiary/aromatic N) is 2. The zero-order valence-electron chi connectivity index (χ0n) is 11.0. The van der Waals surface area contributed by atoms with Gasteiger partial charge in [0.1, 0.15) is 0 Å². The van der Waals surface area contributed by atoms with Gasteiger partial charge in [0.25, 0.3) is 10.2 Å². The first-order valence-corrected chi connectivity index (χ1v) is 8.02. The van der Waals surface area contributed by atoms with Crippen LogP contribution in [-0.2, 0) is 14.9 Å². The summed E-state index contributed by atoms with van der Waals surface area (Å²) >= 11 is 0. The van der Waals surface area contributed by atoms with E-state index in [-0.39, 0.29) is 0 Å². The van der Waals surface area contributed by atoms with Crippen LogP contribution in [0.5, 0.6) is 0 Å². The average molecular weight is 277 g/mol. The SMILES string of the molecule is CNCC1CCN(S(=O)(=O)N2CCOCC2)CC1. The lowest BCUT2D eigenvalue weighted by Crippen LogP contribution is -2.51. The molecule has 0 atom stereocenters. The molecular weight excluding hydrogens is 254 g/mol. The Morgan fingerprint density at radius 2 is 1.67 bits per heavy atom. The number of piperidine rings is 1. The van der Waals surface area contributed by atoms with Gasteiger partial charge in [-0.15, -0.1) is 0 Å². The van der Waals surface area contributed by atoms with Crippen LogP contribution in [0.2, 0.25) is 0 Å². The molecule has 2 saturated heterocycles. The van der Waals surface area contributed by atoms with E-state index in [1.165, 1.54) is 0 Å². The molecule has 7 heteroatoms. The van der Waals surface area contributed by atoms with E-state index in [2.05, 4.69) is 5.32 Å². The summed E-state index contributed by atoms with van der Waals surface area (Å²) in [6.07, 6.45) is 1.90. The number of rotatable bonds is 4. The second kappa shape index (κ2) is 6.29. The van der Waals surface area contributed by atoms with E-state index in [0.29, 0.717) is 45.3 Å². The summed E-state index contributed by atoms with van der Waals surface area (Å²) < 4.78 is 33.1. The smallest absolute Gasteiger partial charge is 0.282 e. The van der Waals surface area contributed by atoms with Crippen molar-refractivity contribution in [1.29, 1.82) is 0 Å². The lowest BCUT2D eigenvalue weighted by atomic mass is 9.98. The minimum absolute atomic E-state index is 0.485. The minimum atomic E-state index is -3.26. The summed E-state index contributed by atoms with van der Waals surface area (Å²) in [6, 6.07) is 0. The quantitative estimate of drug-likeness (QED) is 0.752. The predicted molar refractivity (Wildman–Crippen MR) is 69.5 cm³/mol. The molecule has 0 bridgehead atoms. The molecule has 0 saturated carbocycles. The van der Waals surface area contributed by atoms with Gasteiger partial charge < -0.3 is 10.1 Å². The van der Waals surface area contributed by atoms with Crippen molar-refractivity contribution in [2.75, 3.05) is 53.0 Å². The van der Waals surface area contributed by atoms with Crippen LogP contribution in [0, 0.1) is 5.92 Å². The molecule has 2 aliphatic rings. The molecule has 2 rings (SSSR count). The van der Waals surface area contributed by atoms with E-state index in [4.69, 9.17) is 4.74 Å². The van der Waals surface area contributed by atoms with Crippen LogP contribution in [-0.4, -0.2) is 70.0 Å². The number of hydrogen-bond donors (Lipinski definition) is 1. The number of hydrogen-bond acceptors (Lipinski definition) is 4. The third kappa shape index (κ3) is 3.21. The van der Waals surface area contributed by atoms with Gasteiger partial charge in [0.15, 0.2) is 0 Å². The van der Waals surface area contributed by atoms with Gasteiger partial charge in [0.2, 0.25) is 0 Å². The van der Waals surface area contributed by atoms with Crippen molar-refractivity contribution in [2.24, 2.45) is 5.92 Å². The molecule has 2 aliphatic heterocycles. The van der Waals surface area contributed by atoms with Gasteiger partial charge in [-0.1, -0.05) is 0 Å². The zero-order valence-corrected chi connectivity index (χ0v) is 11.8. The average Bonchev–Trinajstić information content (AvgIpc) is 2.41. The molecule has 2 heterocycles. The standard InChI is InChI=1S/C11H23N3O3S/c1-12-10-11-2-4-13(5-3-11)18(15,16)14-6-8-17-9-7-14/h11-12H,2-10H2,1H3. The Kier molecular flexibility index (Phi) is 4.97. The molecule has 0 unspecified atom stereocenters. The molecule has 18 heavy (non-hydrogen) atoms. The Labute approximate surface area is 109 Å².